The van der Waals surface area contributed by atoms with E-state index in [1.54, 1.807) is 43.3 Å². The number of benzene rings is 1. The van der Waals surface area contributed by atoms with E-state index in [9.17, 15) is 19.2 Å². The molecule has 140 valence electrons. The van der Waals surface area contributed by atoms with E-state index in [0.29, 0.717) is 16.9 Å². The van der Waals surface area contributed by atoms with Crippen LogP contribution < -0.4 is 10.6 Å². The van der Waals surface area contributed by atoms with Crippen LogP contribution >= 0.6 is 0 Å². The molecular formula is C19H19N3O5. The largest absolute Gasteiger partial charge is 0.467 e. The Bertz CT molecular complexity index is 840. The van der Waals surface area contributed by atoms with Crippen LogP contribution in [0.1, 0.15) is 39.8 Å². The molecule has 1 atom stereocenters. The topological polar surface area (TPSA) is 109 Å². The first kappa shape index (κ1) is 18.4. The monoisotopic (exact) mass is 369 g/mol. The molecule has 1 aromatic heterocycles. The third kappa shape index (κ3) is 4.05. The third-order valence-electron chi connectivity index (χ3n) is 4.23. The number of nitrogens with one attached hydrogen (secondary N) is 2. The summed E-state index contributed by atoms with van der Waals surface area (Å²) in [6.07, 6.45) is 1.42. The lowest BCUT2D eigenvalue weighted by Crippen LogP contribution is -2.45. The van der Waals surface area contributed by atoms with Gasteiger partial charge in [-0.05, 0) is 31.2 Å². The maximum Gasteiger partial charge on any atom is 0.261 e. The van der Waals surface area contributed by atoms with Gasteiger partial charge in [-0.25, -0.2) is 0 Å². The van der Waals surface area contributed by atoms with Crippen LogP contribution in [0.2, 0.25) is 0 Å². The number of hydrogen-bond donors (Lipinski definition) is 2. The quantitative estimate of drug-likeness (QED) is 0.710. The normalized spacial score (nSPS) is 14.0. The van der Waals surface area contributed by atoms with Gasteiger partial charge in [0.1, 0.15) is 11.8 Å². The van der Waals surface area contributed by atoms with Gasteiger partial charge >= 0.3 is 0 Å². The average Bonchev–Trinajstić information content (AvgIpc) is 3.26. The fourth-order valence-electron chi connectivity index (χ4n) is 2.78. The first-order valence-electron chi connectivity index (χ1n) is 8.52. The van der Waals surface area contributed by atoms with Crippen LogP contribution in [-0.2, 0) is 16.1 Å². The number of furan rings is 1. The summed E-state index contributed by atoms with van der Waals surface area (Å²) >= 11 is 0. The Hall–Kier alpha value is -3.42. The zero-order valence-corrected chi connectivity index (χ0v) is 14.7. The van der Waals surface area contributed by atoms with Crippen molar-refractivity contribution in [2.24, 2.45) is 0 Å². The van der Waals surface area contributed by atoms with E-state index >= 15 is 0 Å². The summed E-state index contributed by atoms with van der Waals surface area (Å²) < 4.78 is 5.12. The maximum absolute atomic E-state index is 12.2. The zero-order valence-electron chi connectivity index (χ0n) is 14.7. The molecule has 0 radical (unpaired) electrons. The van der Waals surface area contributed by atoms with Crippen molar-refractivity contribution < 1.29 is 23.6 Å². The molecule has 2 aromatic rings. The fraction of sp³-hybridized carbons (Fsp3) is 0.263. The standard InChI is InChI=1S/C19H19N3O5/c1-12(17(24)20-11-13-5-4-10-27-13)21-16(23)8-9-22-18(25)14-6-2-3-7-15(14)19(22)26/h2-7,10,12H,8-9,11H2,1H3,(H,20,24)(H,21,23)/t12-/m1/s1. The summed E-state index contributed by atoms with van der Waals surface area (Å²) in [5.74, 6) is -1.000. The summed E-state index contributed by atoms with van der Waals surface area (Å²) in [7, 11) is 0. The Morgan fingerprint density at radius 3 is 2.33 bits per heavy atom. The molecule has 2 heterocycles. The van der Waals surface area contributed by atoms with Crippen molar-refractivity contribution in [3.63, 3.8) is 0 Å². The Morgan fingerprint density at radius 2 is 1.74 bits per heavy atom. The molecule has 0 fully saturated rings. The van der Waals surface area contributed by atoms with Crippen LogP contribution in [0.3, 0.4) is 0 Å². The van der Waals surface area contributed by atoms with E-state index in [2.05, 4.69) is 10.6 Å². The van der Waals surface area contributed by atoms with Crippen molar-refractivity contribution in [1.82, 2.24) is 15.5 Å². The fourth-order valence-corrected chi connectivity index (χ4v) is 2.78. The molecule has 0 spiro atoms. The molecule has 0 saturated heterocycles. The van der Waals surface area contributed by atoms with Gasteiger partial charge in [0.05, 0.1) is 23.9 Å². The Balaban J connectivity index is 1.46. The van der Waals surface area contributed by atoms with Crippen LogP contribution in [-0.4, -0.2) is 41.1 Å². The SMILES string of the molecule is C[C@@H](NC(=O)CCN1C(=O)c2ccccc2C1=O)C(=O)NCc1ccco1. The van der Waals surface area contributed by atoms with E-state index < -0.39 is 23.8 Å². The van der Waals surface area contributed by atoms with Gasteiger partial charge in [-0.1, -0.05) is 12.1 Å². The molecule has 0 saturated carbocycles. The minimum absolute atomic E-state index is 0.0427. The Kier molecular flexibility index (Phi) is 5.35. The molecule has 0 aliphatic carbocycles. The van der Waals surface area contributed by atoms with Gasteiger partial charge < -0.3 is 15.1 Å². The lowest BCUT2D eigenvalue weighted by atomic mass is 10.1. The highest BCUT2D eigenvalue weighted by Gasteiger charge is 2.35. The Morgan fingerprint density at radius 1 is 1.07 bits per heavy atom. The molecule has 2 N–H and O–H groups in total. The zero-order chi connectivity index (χ0) is 19.4. The van der Waals surface area contributed by atoms with Crippen LogP contribution in [0.5, 0.6) is 0 Å². The predicted molar refractivity (Wildman–Crippen MR) is 94.6 cm³/mol. The van der Waals surface area contributed by atoms with Crippen molar-refractivity contribution in [1.29, 1.82) is 0 Å². The molecule has 8 heteroatoms. The number of imide groups is 1. The lowest BCUT2D eigenvalue weighted by Gasteiger charge is -2.16. The highest BCUT2D eigenvalue weighted by Crippen LogP contribution is 2.22. The van der Waals surface area contributed by atoms with Crippen molar-refractivity contribution >= 4 is 23.6 Å². The van der Waals surface area contributed by atoms with E-state index in [-0.39, 0.29) is 25.4 Å². The minimum atomic E-state index is -0.755. The molecular weight excluding hydrogens is 350 g/mol. The van der Waals surface area contributed by atoms with Crippen molar-refractivity contribution in [3.8, 4) is 0 Å². The summed E-state index contributed by atoms with van der Waals surface area (Å²) in [5.41, 5.74) is 0.683. The van der Waals surface area contributed by atoms with Gasteiger partial charge in [0.2, 0.25) is 11.8 Å². The second kappa shape index (κ2) is 7.86. The number of carbonyl (C=O) groups excluding carboxylic acids is 4. The molecule has 1 aromatic carbocycles. The van der Waals surface area contributed by atoms with E-state index in [0.717, 1.165) is 4.90 Å². The van der Waals surface area contributed by atoms with Crippen molar-refractivity contribution in [2.75, 3.05) is 6.54 Å². The van der Waals surface area contributed by atoms with Crippen molar-refractivity contribution in [3.05, 3.63) is 59.5 Å². The smallest absolute Gasteiger partial charge is 0.261 e. The second-order valence-corrected chi connectivity index (χ2v) is 6.14. The van der Waals surface area contributed by atoms with Gasteiger partial charge in [-0.15, -0.1) is 0 Å². The summed E-state index contributed by atoms with van der Waals surface area (Å²) in [6.45, 7) is 1.73. The number of fused-ring (bicyclic) bond motifs is 1. The van der Waals surface area contributed by atoms with Crippen molar-refractivity contribution in [2.45, 2.75) is 25.9 Å². The van der Waals surface area contributed by atoms with E-state index in [1.165, 1.54) is 6.26 Å². The number of carbonyl (C=O) groups is 4. The first-order chi connectivity index (χ1) is 13.0. The highest BCUT2D eigenvalue weighted by atomic mass is 16.3. The van der Waals surface area contributed by atoms with Crippen LogP contribution in [0.25, 0.3) is 0 Å². The van der Waals surface area contributed by atoms with Crippen LogP contribution in [0, 0.1) is 0 Å². The molecule has 0 unspecified atom stereocenters. The first-order valence-corrected chi connectivity index (χ1v) is 8.52. The van der Waals surface area contributed by atoms with E-state index in [4.69, 9.17) is 4.42 Å². The van der Waals surface area contributed by atoms with Gasteiger partial charge in [-0.2, -0.15) is 0 Å². The van der Waals surface area contributed by atoms with E-state index in [1.807, 2.05) is 0 Å². The van der Waals surface area contributed by atoms with Gasteiger partial charge in [0.15, 0.2) is 0 Å². The minimum Gasteiger partial charge on any atom is -0.467 e. The molecule has 1 aliphatic heterocycles. The summed E-state index contributed by atoms with van der Waals surface area (Å²) in [4.78, 5) is 49.6. The average molecular weight is 369 g/mol. The molecule has 8 nitrogen and oxygen atoms in total. The number of amides is 4. The number of rotatable bonds is 7. The summed E-state index contributed by atoms with van der Waals surface area (Å²) in [5, 5.41) is 5.20. The predicted octanol–water partition coefficient (Wildman–Crippen LogP) is 1.09. The van der Waals surface area contributed by atoms with Gasteiger partial charge in [-0.3, -0.25) is 24.1 Å². The van der Waals surface area contributed by atoms with Crippen LogP contribution in [0.15, 0.2) is 47.1 Å². The van der Waals surface area contributed by atoms with Gasteiger partial charge in [0.25, 0.3) is 11.8 Å². The molecule has 1 aliphatic rings. The Labute approximate surface area is 155 Å². The third-order valence-corrected chi connectivity index (χ3v) is 4.23. The highest BCUT2D eigenvalue weighted by molar-refractivity contribution is 6.21. The second-order valence-electron chi connectivity index (χ2n) is 6.14. The number of hydrogen-bond acceptors (Lipinski definition) is 5. The van der Waals surface area contributed by atoms with Gasteiger partial charge in [0, 0.05) is 13.0 Å². The summed E-state index contributed by atoms with van der Waals surface area (Å²) in [6, 6.07) is 9.22. The molecule has 0 bridgehead atoms. The lowest BCUT2D eigenvalue weighted by molar-refractivity contribution is -0.128. The maximum atomic E-state index is 12.2. The number of nitrogens with zero attached hydrogens (tertiary/aromatic N) is 1. The molecule has 4 amide bonds. The van der Waals surface area contributed by atoms with Crippen LogP contribution in [0.4, 0.5) is 0 Å². The molecule has 3 rings (SSSR count). The molecule has 27 heavy (non-hydrogen) atoms.